The van der Waals surface area contributed by atoms with E-state index in [1.54, 1.807) is 6.92 Å². The van der Waals surface area contributed by atoms with Gasteiger partial charge in [0.2, 0.25) is 0 Å². The molecule has 0 fully saturated rings. The maximum atomic E-state index is 13.2. The third-order valence-corrected chi connectivity index (χ3v) is 1.90. The van der Waals surface area contributed by atoms with Gasteiger partial charge >= 0.3 is 5.97 Å². The summed E-state index contributed by atoms with van der Waals surface area (Å²) in [5.74, 6) is -1.49. The van der Waals surface area contributed by atoms with Crippen molar-refractivity contribution in [3.8, 4) is 0 Å². The molecular weight excluding hydrogens is 213 g/mol. The number of hydrogen-bond acceptors (Lipinski definition) is 3. The van der Waals surface area contributed by atoms with Crippen molar-refractivity contribution in [2.45, 2.75) is 32.2 Å². The van der Waals surface area contributed by atoms with Crippen molar-refractivity contribution in [3.05, 3.63) is 11.9 Å². The summed E-state index contributed by atoms with van der Waals surface area (Å²) in [6.07, 6.45) is 1.50. The Morgan fingerprint density at radius 2 is 2.25 bits per heavy atom. The molecule has 5 N–H and O–H groups in total. The maximum Gasteiger partial charge on any atom is 0.327 e. The van der Waals surface area contributed by atoms with Crippen LogP contribution < -0.4 is 11.1 Å². The minimum absolute atomic E-state index is 0.111. The molecule has 0 heterocycles. The van der Waals surface area contributed by atoms with Gasteiger partial charge in [0.25, 0.3) is 0 Å². The summed E-state index contributed by atoms with van der Waals surface area (Å²) in [5.41, 5.74) is 3.68. The number of hydrogen-bond donors (Lipinski definition) is 4. The SMILES string of the molecule is CC(=N)NCCC/C(F)=C/[C@](C)(N)C(=O)O. The van der Waals surface area contributed by atoms with Crippen LogP contribution in [0.3, 0.4) is 0 Å². The largest absolute Gasteiger partial charge is 0.480 e. The van der Waals surface area contributed by atoms with Gasteiger partial charge in [-0.3, -0.25) is 5.41 Å². The molecule has 0 saturated heterocycles. The highest BCUT2D eigenvalue weighted by molar-refractivity contribution is 5.80. The van der Waals surface area contributed by atoms with E-state index in [9.17, 15) is 9.18 Å². The van der Waals surface area contributed by atoms with Crippen molar-refractivity contribution in [1.82, 2.24) is 5.32 Å². The number of aliphatic carboxylic acids is 1. The first-order valence-corrected chi connectivity index (χ1v) is 4.94. The Morgan fingerprint density at radius 3 is 2.69 bits per heavy atom. The Bertz CT molecular complexity index is 300. The molecule has 0 aromatic rings. The van der Waals surface area contributed by atoms with Crippen molar-refractivity contribution in [2.24, 2.45) is 5.73 Å². The van der Waals surface area contributed by atoms with Crippen molar-refractivity contribution >= 4 is 11.8 Å². The molecule has 0 aromatic heterocycles. The van der Waals surface area contributed by atoms with E-state index in [0.29, 0.717) is 18.8 Å². The fourth-order valence-corrected chi connectivity index (χ4v) is 0.992. The van der Waals surface area contributed by atoms with Gasteiger partial charge in [-0.2, -0.15) is 0 Å². The number of nitrogens with one attached hydrogen (secondary N) is 2. The third-order valence-electron chi connectivity index (χ3n) is 1.90. The van der Waals surface area contributed by atoms with Crippen LogP contribution in [-0.4, -0.2) is 29.0 Å². The maximum absolute atomic E-state index is 13.2. The number of amidine groups is 1. The zero-order valence-electron chi connectivity index (χ0n) is 9.51. The predicted molar refractivity (Wildman–Crippen MR) is 60.1 cm³/mol. The van der Waals surface area contributed by atoms with Gasteiger partial charge in [-0.25, -0.2) is 9.18 Å². The molecule has 0 spiro atoms. The van der Waals surface area contributed by atoms with Crippen molar-refractivity contribution in [2.75, 3.05) is 6.54 Å². The minimum atomic E-state index is -1.67. The first-order valence-electron chi connectivity index (χ1n) is 4.94. The lowest BCUT2D eigenvalue weighted by Crippen LogP contribution is -2.42. The summed E-state index contributed by atoms with van der Waals surface area (Å²) in [6, 6.07) is 0. The predicted octanol–water partition coefficient (Wildman–Crippen LogP) is 1.01. The zero-order valence-corrected chi connectivity index (χ0v) is 9.51. The second-order valence-electron chi connectivity index (χ2n) is 3.83. The molecule has 0 rings (SSSR count). The fourth-order valence-electron chi connectivity index (χ4n) is 0.992. The zero-order chi connectivity index (χ0) is 12.8. The van der Waals surface area contributed by atoms with E-state index in [0.717, 1.165) is 6.08 Å². The molecule has 0 aliphatic rings. The Kier molecular flexibility index (Phi) is 5.66. The normalized spacial score (nSPS) is 15.4. The molecule has 1 atom stereocenters. The molecule has 0 aromatic carbocycles. The first kappa shape index (κ1) is 14.6. The molecular formula is C10H18FN3O2. The molecule has 0 amide bonds. The van der Waals surface area contributed by atoms with Crippen molar-refractivity contribution in [1.29, 1.82) is 5.41 Å². The average Bonchev–Trinajstić information content (AvgIpc) is 2.11. The Labute approximate surface area is 94.0 Å². The van der Waals surface area contributed by atoms with Crippen LogP contribution in [0.4, 0.5) is 4.39 Å². The summed E-state index contributed by atoms with van der Waals surface area (Å²) >= 11 is 0. The van der Waals surface area contributed by atoms with Crippen LogP contribution in [0, 0.1) is 5.41 Å². The molecule has 0 aliphatic carbocycles. The molecule has 92 valence electrons. The number of carboxylic acids is 1. The Balaban J connectivity index is 4.06. The van der Waals surface area contributed by atoms with Gasteiger partial charge in [0, 0.05) is 13.0 Å². The molecule has 0 unspecified atom stereocenters. The highest BCUT2D eigenvalue weighted by atomic mass is 19.1. The van der Waals surface area contributed by atoms with E-state index in [4.69, 9.17) is 16.2 Å². The van der Waals surface area contributed by atoms with Crippen LogP contribution in [0.15, 0.2) is 11.9 Å². The van der Waals surface area contributed by atoms with E-state index < -0.39 is 17.3 Å². The van der Waals surface area contributed by atoms with Gasteiger partial charge in [-0.15, -0.1) is 0 Å². The lowest BCUT2D eigenvalue weighted by atomic mass is 10.0. The van der Waals surface area contributed by atoms with Crippen LogP contribution in [0.2, 0.25) is 0 Å². The van der Waals surface area contributed by atoms with Gasteiger partial charge in [0.15, 0.2) is 0 Å². The third kappa shape index (κ3) is 6.13. The van der Waals surface area contributed by atoms with Crippen LogP contribution in [-0.2, 0) is 4.79 Å². The average molecular weight is 231 g/mol. The molecule has 0 radical (unpaired) electrons. The summed E-state index contributed by atoms with van der Waals surface area (Å²) in [6.45, 7) is 3.30. The molecule has 16 heavy (non-hydrogen) atoms. The number of halogens is 1. The van der Waals surface area contributed by atoms with E-state index in [2.05, 4.69) is 5.32 Å². The number of carbonyl (C=O) groups is 1. The topological polar surface area (TPSA) is 99.2 Å². The van der Waals surface area contributed by atoms with Gasteiger partial charge in [-0.05, 0) is 26.3 Å². The van der Waals surface area contributed by atoms with E-state index >= 15 is 0 Å². The van der Waals surface area contributed by atoms with Gasteiger partial charge in [-0.1, -0.05) is 0 Å². The van der Waals surface area contributed by atoms with Gasteiger partial charge < -0.3 is 16.2 Å². The van der Waals surface area contributed by atoms with Crippen LogP contribution in [0.5, 0.6) is 0 Å². The van der Waals surface area contributed by atoms with Gasteiger partial charge in [0.05, 0.1) is 11.7 Å². The number of allylic oxidation sites excluding steroid dienone is 1. The summed E-state index contributed by atoms with van der Waals surface area (Å²) in [7, 11) is 0. The van der Waals surface area contributed by atoms with Crippen molar-refractivity contribution < 1.29 is 14.3 Å². The second kappa shape index (κ2) is 6.22. The first-order chi connectivity index (χ1) is 7.25. The lowest BCUT2D eigenvalue weighted by Gasteiger charge is -2.14. The standard InChI is InChI=1S/C10H18FN3O2/c1-7(12)14-5-3-4-8(11)6-10(2,13)9(15)16/h6H,3-5,13H2,1-2H3,(H2,12,14)(H,15,16)/b8-6-/t10-/m0/s1. The monoisotopic (exact) mass is 231 g/mol. The van der Waals surface area contributed by atoms with E-state index in [1.807, 2.05) is 0 Å². The quantitative estimate of drug-likeness (QED) is 0.311. The van der Waals surface area contributed by atoms with Crippen LogP contribution >= 0.6 is 0 Å². The van der Waals surface area contributed by atoms with Gasteiger partial charge in [0.1, 0.15) is 5.54 Å². The Hall–Kier alpha value is -1.43. The molecule has 0 saturated carbocycles. The summed E-state index contributed by atoms with van der Waals surface area (Å²) in [4.78, 5) is 10.6. The lowest BCUT2D eigenvalue weighted by molar-refractivity contribution is -0.140. The second-order valence-corrected chi connectivity index (χ2v) is 3.83. The number of carboxylic acid groups (broad SMARTS) is 1. The molecule has 6 heteroatoms. The number of rotatable bonds is 6. The minimum Gasteiger partial charge on any atom is -0.480 e. The Morgan fingerprint density at radius 1 is 1.69 bits per heavy atom. The smallest absolute Gasteiger partial charge is 0.327 e. The number of nitrogens with two attached hydrogens (primary N) is 1. The summed E-state index contributed by atoms with van der Waals surface area (Å²) in [5, 5.41) is 18.4. The van der Waals surface area contributed by atoms with Crippen molar-refractivity contribution in [3.63, 3.8) is 0 Å². The van der Waals surface area contributed by atoms with Crippen LogP contribution in [0.1, 0.15) is 26.7 Å². The molecule has 5 nitrogen and oxygen atoms in total. The summed E-state index contributed by atoms with van der Waals surface area (Å²) < 4.78 is 13.2. The van der Waals surface area contributed by atoms with Crippen LogP contribution in [0.25, 0.3) is 0 Å². The highest BCUT2D eigenvalue weighted by Gasteiger charge is 2.25. The fraction of sp³-hybridized carbons (Fsp3) is 0.600. The molecule has 0 aliphatic heterocycles. The van der Waals surface area contributed by atoms with E-state index in [1.165, 1.54) is 6.92 Å². The molecule has 0 bridgehead atoms. The van der Waals surface area contributed by atoms with E-state index in [-0.39, 0.29) is 6.42 Å². The highest BCUT2D eigenvalue weighted by Crippen LogP contribution is 2.12.